The van der Waals surface area contributed by atoms with Gasteiger partial charge in [0.05, 0.1) is 10.9 Å². The number of aryl methyl sites for hydroxylation is 1. The van der Waals surface area contributed by atoms with Crippen LogP contribution in [-0.4, -0.2) is 15.9 Å². The highest BCUT2D eigenvalue weighted by atomic mass is 16.5. The fraction of sp³-hybridized carbons (Fsp3) is 0.160. The third kappa shape index (κ3) is 4.63. The number of hydrogen-bond donors (Lipinski definition) is 1. The number of H-pyrrole nitrogens is 1. The first-order valence-electron chi connectivity index (χ1n) is 9.98. The summed E-state index contributed by atoms with van der Waals surface area (Å²) >= 11 is 0. The number of nitrogens with zero attached hydrogens (tertiary/aromatic N) is 1. The zero-order valence-electron chi connectivity index (χ0n) is 16.5. The summed E-state index contributed by atoms with van der Waals surface area (Å²) in [5.74, 6) is 0.296. The number of esters is 1. The van der Waals surface area contributed by atoms with E-state index in [1.54, 1.807) is 6.07 Å². The van der Waals surface area contributed by atoms with Crippen molar-refractivity contribution >= 4 is 16.9 Å². The standard InChI is InChI=1S/C25H22N2O3/c28-23(17-9-16-22-26-21-15-8-7-14-20(21)25(29)27-22)30-24(18-10-3-1-4-11-18)19-12-5-2-6-13-19/h1-8,10-15,24H,9,16-17H2,(H,26,27,29). The molecule has 1 N–H and O–H groups in total. The Hall–Kier alpha value is -3.73. The number of carbonyl (C=O) groups excluding carboxylic acids is 1. The van der Waals surface area contributed by atoms with E-state index in [2.05, 4.69) is 9.97 Å². The maximum atomic E-state index is 12.6. The van der Waals surface area contributed by atoms with Crippen molar-refractivity contribution in [2.75, 3.05) is 0 Å². The van der Waals surface area contributed by atoms with Gasteiger partial charge in [0.15, 0.2) is 6.10 Å². The summed E-state index contributed by atoms with van der Waals surface area (Å²) in [6, 6.07) is 26.6. The Morgan fingerprint density at radius 3 is 2.13 bits per heavy atom. The van der Waals surface area contributed by atoms with Crippen molar-refractivity contribution < 1.29 is 9.53 Å². The van der Waals surface area contributed by atoms with Crippen molar-refractivity contribution in [3.8, 4) is 0 Å². The summed E-state index contributed by atoms with van der Waals surface area (Å²) in [5.41, 5.74) is 2.36. The highest BCUT2D eigenvalue weighted by molar-refractivity contribution is 5.77. The Morgan fingerprint density at radius 2 is 1.47 bits per heavy atom. The number of fused-ring (bicyclic) bond motifs is 1. The van der Waals surface area contributed by atoms with Crippen LogP contribution in [0.3, 0.4) is 0 Å². The fourth-order valence-electron chi connectivity index (χ4n) is 3.43. The normalized spacial score (nSPS) is 11.0. The van der Waals surface area contributed by atoms with E-state index in [0.29, 0.717) is 29.6 Å². The maximum absolute atomic E-state index is 12.6. The van der Waals surface area contributed by atoms with Gasteiger partial charge in [-0.1, -0.05) is 72.8 Å². The molecule has 0 amide bonds. The summed E-state index contributed by atoms with van der Waals surface area (Å²) in [4.78, 5) is 32.0. The average Bonchev–Trinajstić information content (AvgIpc) is 2.79. The van der Waals surface area contributed by atoms with Gasteiger partial charge in [0.25, 0.3) is 5.56 Å². The molecular weight excluding hydrogens is 376 g/mol. The smallest absolute Gasteiger partial charge is 0.306 e. The van der Waals surface area contributed by atoms with Crippen LogP contribution >= 0.6 is 0 Å². The molecule has 0 fully saturated rings. The summed E-state index contributed by atoms with van der Waals surface area (Å²) in [5, 5.41) is 0.564. The number of aromatic amines is 1. The number of nitrogens with one attached hydrogen (secondary N) is 1. The predicted molar refractivity (Wildman–Crippen MR) is 116 cm³/mol. The van der Waals surface area contributed by atoms with Gasteiger partial charge in [-0.15, -0.1) is 0 Å². The number of ether oxygens (including phenoxy) is 1. The van der Waals surface area contributed by atoms with Crippen molar-refractivity contribution in [3.05, 3.63) is 112 Å². The van der Waals surface area contributed by atoms with E-state index in [9.17, 15) is 9.59 Å². The number of aromatic nitrogens is 2. The van der Waals surface area contributed by atoms with Crippen molar-refractivity contribution in [2.45, 2.75) is 25.4 Å². The second kappa shape index (κ2) is 9.18. The minimum Gasteiger partial charge on any atom is -0.453 e. The number of hydrogen-bond acceptors (Lipinski definition) is 4. The van der Waals surface area contributed by atoms with Gasteiger partial charge in [-0.25, -0.2) is 4.98 Å². The molecule has 0 saturated heterocycles. The van der Waals surface area contributed by atoms with Gasteiger partial charge in [0, 0.05) is 12.8 Å². The van der Waals surface area contributed by atoms with E-state index >= 15 is 0 Å². The molecule has 5 heteroatoms. The van der Waals surface area contributed by atoms with Crippen LogP contribution < -0.4 is 5.56 Å². The van der Waals surface area contributed by atoms with Crippen LogP contribution in [0.5, 0.6) is 0 Å². The molecule has 0 aliphatic heterocycles. The molecule has 0 atom stereocenters. The Labute approximate surface area is 174 Å². The lowest BCUT2D eigenvalue weighted by Gasteiger charge is -2.19. The molecule has 30 heavy (non-hydrogen) atoms. The first-order chi connectivity index (χ1) is 14.7. The van der Waals surface area contributed by atoms with E-state index in [1.807, 2.05) is 78.9 Å². The second-order valence-corrected chi connectivity index (χ2v) is 7.07. The third-order valence-electron chi connectivity index (χ3n) is 4.91. The van der Waals surface area contributed by atoms with E-state index in [4.69, 9.17) is 4.74 Å². The molecule has 4 aromatic rings. The number of para-hydroxylation sites is 1. The third-order valence-corrected chi connectivity index (χ3v) is 4.91. The molecule has 0 saturated carbocycles. The van der Waals surface area contributed by atoms with Crippen LogP contribution in [0.1, 0.15) is 35.9 Å². The van der Waals surface area contributed by atoms with E-state index in [1.165, 1.54) is 0 Å². The van der Waals surface area contributed by atoms with Gasteiger partial charge in [-0.05, 0) is 29.7 Å². The first-order valence-corrected chi connectivity index (χ1v) is 9.98. The molecule has 0 aliphatic rings. The minimum atomic E-state index is -0.446. The summed E-state index contributed by atoms with van der Waals surface area (Å²) in [6.45, 7) is 0. The topological polar surface area (TPSA) is 72.0 Å². The molecule has 0 radical (unpaired) electrons. The highest BCUT2D eigenvalue weighted by Gasteiger charge is 2.18. The fourth-order valence-corrected chi connectivity index (χ4v) is 3.43. The molecule has 0 unspecified atom stereocenters. The SMILES string of the molecule is O=C(CCCc1nc2ccccc2c(=O)[nH]1)OC(c1ccccc1)c1ccccc1. The summed E-state index contributed by atoms with van der Waals surface area (Å²) in [6.07, 6.45) is 0.832. The second-order valence-electron chi connectivity index (χ2n) is 7.07. The molecule has 1 heterocycles. The minimum absolute atomic E-state index is 0.161. The van der Waals surface area contributed by atoms with E-state index in [-0.39, 0.29) is 17.9 Å². The summed E-state index contributed by atoms with van der Waals surface area (Å²) < 4.78 is 5.82. The Balaban J connectivity index is 1.41. The van der Waals surface area contributed by atoms with Crippen molar-refractivity contribution in [3.63, 3.8) is 0 Å². The Bertz CT molecular complexity index is 1150. The number of carbonyl (C=O) groups is 1. The lowest BCUT2D eigenvalue weighted by molar-refractivity contribution is -0.147. The molecule has 0 aliphatic carbocycles. The van der Waals surface area contributed by atoms with Crippen LogP contribution in [0.4, 0.5) is 0 Å². The molecule has 0 bridgehead atoms. The van der Waals surface area contributed by atoms with Crippen LogP contribution in [0.25, 0.3) is 10.9 Å². The maximum Gasteiger partial charge on any atom is 0.306 e. The average molecular weight is 398 g/mol. The highest BCUT2D eigenvalue weighted by Crippen LogP contribution is 2.26. The van der Waals surface area contributed by atoms with Crippen molar-refractivity contribution in [1.82, 2.24) is 9.97 Å². The van der Waals surface area contributed by atoms with Gasteiger partial charge >= 0.3 is 5.97 Å². The van der Waals surface area contributed by atoms with Crippen LogP contribution in [0, 0.1) is 0 Å². The zero-order valence-corrected chi connectivity index (χ0v) is 16.5. The molecule has 4 rings (SSSR count). The van der Waals surface area contributed by atoms with Gasteiger partial charge in [-0.2, -0.15) is 0 Å². The number of benzene rings is 3. The van der Waals surface area contributed by atoms with Gasteiger partial charge in [-0.3, -0.25) is 9.59 Å². The first kappa shape index (κ1) is 19.6. The zero-order chi connectivity index (χ0) is 20.8. The van der Waals surface area contributed by atoms with Gasteiger partial charge in [0.2, 0.25) is 0 Å². The number of rotatable bonds is 7. The van der Waals surface area contributed by atoms with Gasteiger partial charge < -0.3 is 9.72 Å². The Morgan fingerprint density at radius 1 is 0.867 bits per heavy atom. The monoisotopic (exact) mass is 398 g/mol. The predicted octanol–water partition coefficient (Wildman–Crippen LogP) is 4.58. The summed E-state index contributed by atoms with van der Waals surface area (Å²) in [7, 11) is 0. The molecule has 5 nitrogen and oxygen atoms in total. The molecule has 1 aromatic heterocycles. The molecular formula is C25H22N2O3. The lowest BCUT2D eigenvalue weighted by atomic mass is 10.0. The largest absolute Gasteiger partial charge is 0.453 e. The van der Waals surface area contributed by atoms with Crippen molar-refractivity contribution in [2.24, 2.45) is 0 Å². The van der Waals surface area contributed by atoms with Crippen molar-refractivity contribution in [1.29, 1.82) is 0 Å². The molecule has 3 aromatic carbocycles. The lowest BCUT2D eigenvalue weighted by Crippen LogP contribution is -2.14. The Kier molecular flexibility index (Phi) is 5.99. The molecule has 150 valence electrons. The van der Waals surface area contributed by atoms with E-state index < -0.39 is 6.10 Å². The van der Waals surface area contributed by atoms with E-state index in [0.717, 1.165) is 11.1 Å². The quantitative estimate of drug-likeness (QED) is 0.463. The van der Waals surface area contributed by atoms with Crippen LogP contribution in [0.2, 0.25) is 0 Å². The van der Waals surface area contributed by atoms with Gasteiger partial charge in [0.1, 0.15) is 5.82 Å². The van der Waals surface area contributed by atoms with Crippen LogP contribution in [0.15, 0.2) is 89.7 Å². The van der Waals surface area contributed by atoms with Crippen LogP contribution in [-0.2, 0) is 16.0 Å². The molecule has 0 spiro atoms.